The van der Waals surface area contributed by atoms with Crippen LogP contribution in [0.25, 0.3) is 0 Å². The van der Waals surface area contributed by atoms with Crippen LogP contribution in [0.1, 0.15) is 24.1 Å². The van der Waals surface area contributed by atoms with Gasteiger partial charge in [-0.05, 0) is 53.9 Å². The Kier molecular flexibility index (Phi) is 5.41. The fraction of sp³-hybridized carbons (Fsp3) is 0.200. The number of hydrogen-bond acceptors (Lipinski definition) is 4. The van der Waals surface area contributed by atoms with Crippen molar-refractivity contribution in [3.63, 3.8) is 0 Å². The van der Waals surface area contributed by atoms with Crippen molar-refractivity contribution in [2.75, 3.05) is 9.96 Å². The molecule has 3 atom stereocenters. The molecule has 2 aliphatic heterocycles. The summed E-state index contributed by atoms with van der Waals surface area (Å²) >= 11 is 12.7. The summed E-state index contributed by atoms with van der Waals surface area (Å²) in [6, 6.07) is 21.4. The van der Waals surface area contributed by atoms with E-state index in [9.17, 15) is 9.59 Å². The molecule has 0 unspecified atom stereocenters. The third-order valence-corrected chi connectivity index (χ3v) is 6.57. The van der Waals surface area contributed by atoms with Crippen LogP contribution in [0.15, 0.2) is 72.8 Å². The van der Waals surface area contributed by atoms with E-state index >= 15 is 0 Å². The minimum absolute atomic E-state index is 0.307. The SMILES string of the molecule is CCc1ccc(N2C(=O)[C@H]3[C@@H](c4ccc(Cl)cc4Cl)N(c4ccccc4)O[C@H]3C2=O)cc1. The minimum atomic E-state index is -0.940. The molecule has 3 aromatic rings. The second kappa shape index (κ2) is 8.24. The zero-order chi connectivity index (χ0) is 22.4. The Morgan fingerprint density at radius 3 is 2.25 bits per heavy atom. The number of benzene rings is 3. The van der Waals surface area contributed by atoms with Crippen LogP contribution in [0.5, 0.6) is 0 Å². The smallest absolute Gasteiger partial charge is 0.266 e. The first-order chi connectivity index (χ1) is 15.5. The van der Waals surface area contributed by atoms with Gasteiger partial charge in [0, 0.05) is 10.0 Å². The lowest BCUT2D eigenvalue weighted by atomic mass is 9.90. The molecule has 0 aliphatic carbocycles. The number of carbonyl (C=O) groups is 2. The van der Waals surface area contributed by atoms with Crippen LogP contribution < -0.4 is 9.96 Å². The van der Waals surface area contributed by atoms with Crippen LogP contribution in [-0.2, 0) is 20.8 Å². The number of halogens is 2. The number of fused-ring (bicyclic) bond motifs is 1. The summed E-state index contributed by atoms with van der Waals surface area (Å²) < 4.78 is 0. The van der Waals surface area contributed by atoms with E-state index < -0.39 is 18.1 Å². The Labute approximate surface area is 196 Å². The first-order valence-corrected chi connectivity index (χ1v) is 11.2. The van der Waals surface area contributed by atoms with E-state index in [0.29, 0.717) is 21.3 Å². The van der Waals surface area contributed by atoms with E-state index in [0.717, 1.165) is 17.7 Å². The molecule has 32 heavy (non-hydrogen) atoms. The molecule has 5 rings (SSSR count). The second-order valence-corrected chi connectivity index (χ2v) is 8.70. The van der Waals surface area contributed by atoms with Gasteiger partial charge in [0.15, 0.2) is 6.10 Å². The summed E-state index contributed by atoms with van der Waals surface area (Å²) in [6.45, 7) is 2.05. The molecule has 2 saturated heterocycles. The average Bonchev–Trinajstić information content (AvgIpc) is 3.30. The van der Waals surface area contributed by atoms with Crippen LogP contribution in [0, 0.1) is 5.92 Å². The number of hydrogen-bond donors (Lipinski definition) is 0. The van der Waals surface area contributed by atoms with Crippen molar-refractivity contribution in [3.05, 3.63) is 94.0 Å². The predicted octanol–water partition coefficient (Wildman–Crippen LogP) is 5.61. The number of aryl methyl sites for hydroxylation is 1. The molecular weight excluding hydrogens is 447 g/mol. The third-order valence-electron chi connectivity index (χ3n) is 6.01. The van der Waals surface area contributed by atoms with Crippen LogP contribution in [0.3, 0.4) is 0 Å². The highest BCUT2D eigenvalue weighted by atomic mass is 35.5. The van der Waals surface area contributed by atoms with Crippen molar-refractivity contribution >= 4 is 46.4 Å². The number of nitrogens with zero attached hydrogens (tertiary/aromatic N) is 2. The molecule has 5 nitrogen and oxygen atoms in total. The lowest BCUT2D eigenvalue weighted by Crippen LogP contribution is -2.37. The van der Waals surface area contributed by atoms with Gasteiger partial charge in [-0.25, -0.2) is 9.96 Å². The number of imide groups is 1. The van der Waals surface area contributed by atoms with Gasteiger partial charge in [0.25, 0.3) is 5.91 Å². The molecule has 2 heterocycles. The number of hydroxylamine groups is 1. The van der Waals surface area contributed by atoms with Crippen molar-refractivity contribution in [2.24, 2.45) is 5.92 Å². The molecule has 0 aromatic heterocycles. The molecule has 7 heteroatoms. The van der Waals surface area contributed by atoms with Crippen LogP contribution in [-0.4, -0.2) is 17.9 Å². The van der Waals surface area contributed by atoms with E-state index in [4.69, 9.17) is 28.0 Å². The van der Waals surface area contributed by atoms with Gasteiger partial charge in [-0.2, -0.15) is 0 Å². The molecule has 0 saturated carbocycles. The fourth-order valence-corrected chi connectivity index (χ4v) is 4.93. The van der Waals surface area contributed by atoms with Crippen molar-refractivity contribution in [1.29, 1.82) is 0 Å². The largest absolute Gasteiger partial charge is 0.273 e. The zero-order valence-electron chi connectivity index (χ0n) is 17.2. The predicted molar refractivity (Wildman–Crippen MR) is 125 cm³/mol. The summed E-state index contributed by atoms with van der Waals surface area (Å²) in [5.41, 5.74) is 3.09. The quantitative estimate of drug-likeness (QED) is 0.469. The molecule has 162 valence electrons. The number of carbonyl (C=O) groups excluding carboxylic acids is 2. The molecule has 2 amide bonds. The number of rotatable bonds is 4. The Balaban J connectivity index is 1.58. The fourth-order valence-electron chi connectivity index (χ4n) is 4.41. The normalized spacial score (nSPS) is 22.5. The summed E-state index contributed by atoms with van der Waals surface area (Å²) in [6.07, 6.45) is -0.0648. The average molecular weight is 467 g/mol. The molecule has 3 aromatic carbocycles. The van der Waals surface area contributed by atoms with E-state index in [2.05, 4.69) is 6.92 Å². The lowest BCUT2D eigenvalue weighted by molar-refractivity contribution is -0.126. The van der Waals surface area contributed by atoms with Crippen LogP contribution >= 0.6 is 23.2 Å². The number of amides is 2. The van der Waals surface area contributed by atoms with Gasteiger partial charge in [-0.15, -0.1) is 0 Å². The zero-order valence-corrected chi connectivity index (χ0v) is 18.8. The third kappa shape index (κ3) is 3.37. The van der Waals surface area contributed by atoms with E-state index in [1.165, 1.54) is 4.90 Å². The number of anilines is 2. The van der Waals surface area contributed by atoms with Gasteiger partial charge in [0.2, 0.25) is 5.91 Å². The van der Waals surface area contributed by atoms with Gasteiger partial charge in [-0.1, -0.05) is 66.5 Å². The Morgan fingerprint density at radius 2 is 1.59 bits per heavy atom. The first-order valence-electron chi connectivity index (χ1n) is 10.4. The summed E-state index contributed by atoms with van der Waals surface area (Å²) in [4.78, 5) is 34.3. The van der Waals surface area contributed by atoms with Gasteiger partial charge in [-0.3, -0.25) is 14.4 Å². The topological polar surface area (TPSA) is 49.9 Å². The second-order valence-electron chi connectivity index (χ2n) is 7.86. The van der Waals surface area contributed by atoms with Gasteiger partial charge in [0.1, 0.15) is 5.92 Å². The highest BCUT2D eigenvalue weighted by molar-refractivity contribution is 6.35. The van der Waals surface area contributed by atoms with Gasteiger partial charge >= 0.3 is 0 Å². The molecular formula is C25H20Cl2N2O3. The monoisotopic (exact) mass is 466 g/mol. The highest BCUT2D eigenvalue weighted by Gasteiger charge is 2.60. The summed E-state index contributed by atoms with van der Waals surface area (Å²) in [5.74, 6) is -1.43. The maximum absolute atomic E-state index is 13.6. The molecule has 0 radical (unpaired) electrons. The standard InChI is InChI=1S/C25H20Cl2N2O3/c1-2-15-8-11-17(12-9-15)28-24(30)21-22(19-13-10-16(26)14-20(19)27)29(32-23(21)25(28)31)18-6-4-3-5-7-18/h3-14,21-23H,2H2,1H3/t21-,22+,23+/m0/s1. The van der Waals surface area contributed by atoms with Crippen molar-refractivity contribution in [2.45, 2.75) is 25.5 Å². The summed E-state index contributed by atoms with van der Waals surface area (Å²) in [7, 11) is 0. The van der Waals surface area contributed by atoms with Crippen LogP contribution in [0.2, 0.25) is 10.0 Å². The Hall–Kier alpha value is -2.86. The molecule has 0 N–H and O–H groups in total. The first kappa shape index (κ1) is 21.0. The van der Waals surface area contributed by atoms with Crippen LogP contribution in [0.4, 0.5) is 11.4 Å². The van der Waals surface area contributed by atoms with Crippen molar-refractivity contribution in [1.82, 2.24) is 0 Å². The Bertz CT molecular complexity index is 1180. The van der Waals surface area contributed by atoms with Crippen molar-refractivity contribution in [3.8, 4) is 0 Å². The maximum atomic E-state index is 13.6. The minimum Gasteiger partial charge on any atom is -0.273 e. The molecule has 0 bridgehead atoms. The van der Waals surface area contributed by atoms with Crippen molar-refractivity contribution < 1.29 is 14.4 Å². The van der Waals surface area contributed by atoms with E-state index in [1.54, 1.807) is 35.4 Å². The number of para-hydroxylation sites is 1. The van der Waals surface area contributed by atoms with Gasteiger partial charge < -0.3 is 0 Å². The molecule has 2 fully saturated rings. The summed E-state index contributed by atoms with van der Waals surface area (Å²) in [5, 5.41) is 2.53. The van der Waals surface area contributed by atoms with E-state index in [-0.39, 0.29) is 11.8 Å². The Morgan fingerprint density at radius 1 is 0.875 bits per heavy atom. The molecule has 0 spiro atoms. The maximum Gasteiger partial charge on any atom is 0.266 e. The highest BCUT2D eigenvalue weighted by Crippen LogP contribution is 2.49. The molecule has 2 aliphatic rings. The van der Waals surface area contributed by atoms with E-state index in [1.807, 2.05) is 42.5 Å². The lowest BCUT2D eigenvalue weighted by Gasteiger charge is -2.29. The van der Waals surface area contributed by atoms with Gasteiger partial charge in [0.05, 0.1) is 17.4 Å².